The summed E-state index contributed by atoms with van der Waals surface area (Å²) in [5.41, 5.74) is 1.21. The predicted molar refractivity (Wildman–Crippen MR) is 79.4 cm³/mol. The Kier molecular flexibility index (Phi) is 4.85. The van der Waals surface area contributed by atoms with E-state index in [4.69, 9.17) is 9.47 Å². The maximum absolute atomic E-state index is 11.8. The fourth-order valence-corrected chi connectivity index (χ4v) is 2.47. The zero-order valence-electron chi connectivity index (χ0n) is 12.8. The minimum Gasteiger partial charge on any atom is -0.484 e. The molecule has 2 rings (SSSR count). The summed E-state index contributed by atoms with van der Waals surface area (Å²) < 4.78 is 10.8. The van der Waals surface area contributed by atoms with Gasteiger partial charge in [0.2, 0.25) is 0 Å². The molecule has 0 aromatic heterocycles. The molecule has 1 aromatic rings. The summed E-state index contributed by atoms with van der Waals surface area (Å²) in [4.78, 5) is 11.8. The summed E-state index contributed by atoms with van der Waals surface area (Å²) in [6, 6.07) is 5.82. The van der Waals surface area contributed by atoms with E-state index in [0.29, 0.717) is 18.8 Å². The van der Waals surface area contributed by atoms with E-state index < -0.39 is 5.60 Å². The van der Waals surface area contributed by atoms with Crippen LogP contribution in [0.25, 0.3) is 0 Å². The topological polar surface area (TPSA) is 67.8 Å². The lowest BCUT2D eigenvalue weighted by molar-refractivity contribution is -0.124. The van der Waals surface area contributed by atoms with Crippen molar-refractivity contribution in [3.63, 3.8) is 0 Å². The summed E-state index contributed by atoms with van der Waals surface area (Å²) in [5.74, 6) is 0.431. The zero-order chi connectivity index (χ0) is 15.5. The highest BCUT2D eigenvalue weighted by Crippen LogP contribution is 2.24. The average Bonchev–Trinajstić information content (AvgIpc) is 2.74. The molecule has 1 aromatic carbocycles. The van der Waals surface area contributed by atoms with Crippen LogP contribution in [0.3, 0.4) is 0 Å². The number of aliphatic hydroxyl groups is 1. The van der Waals surface area contributed by atoms with Crippen molar-refractivity contribution in [2.75, 3.05) is 19.8 Å². The van der Waals surface area contributed by atoms with Gasteiger partial charge < -0.3 is 19.9 Å². The van der Waals surface area contributed by atoms with Crippen molar-refractivity contribution in [3.05, 3.63) is 29.3 Å². The molecule has 2 N–H and O–H groups in total. The van der Waals surface area contributed by atoms with Crippen molar-refractivity contribution in [2.45, 2.75) is 38.9 Å². The fraction of sp³-hybridized carbons (Fsp3) is 0.562. The van der Waals surface area contributed by atoms with Gasteiger partial charge in [0.15, 0.2) is 6.61 Å². The van der Waals surface area contributed by atoms with Gasteiger partial charge in [-0.05, 0) is 44.0 Å². The third kappa shape index (κ3) is 4.19. The molecule has 21 heavy (non-hydrogen) atoms. The van der Waals surface area contributed by atoms with Crippen LogP contribution in [-0.4, -0.2) is 42.5 Å². The summed E-state index contributed by atoms with van der Waals surface area (Å²) >= 11 is 0. The van der Waals surface area contributed by atoms with Gasteiger partial charge in [-0.2, -0.15) is 0 Å². The Morgan fingerprint density at radius 2 is 2.10 bits per heavy atom. The van der Waals surface area contributed by atoms with Crippen LogP contribution in [0.2, 0.25) is 0 Å². The Morgan fingerprint density at radius 1 is 1.43 bits per heavy atom. The lowest BCUT2D eigenvalue weighted by Gasteiger charge is -2.26. The maximum Gasteiger partial charge on any atom is 0.258 e. The number of ether oxygens (including phenoxy) is 2. The van der Waals surface area contributed by atoms with E-state index in [2.05, 4.69) is 5.32 Å². The molecule has 1 aliphatic heterocycles. The second kappa shape index (κ2) is 6.45. The number of carbonyl (C=O) groups excluding carboxylic acids is 1. The predicted octanol–water partition coefficient (Wildman–Crippen LogP) is 1.34. The van der Waals surface area contributed by atoms with Gasteiger partial charge in [0, 0.05) is 19.6 Å². The standard InChI is InChI=1S/C16H23NO4/c1-11-6-12(2)8-14(7-11)21-9-15(18)17-10-16(19)4-5-20-13(16)3/h6-8,13,19H,4-5,9-10H2,1-3H3,(H,17,18). The summed E-state index contributed by atoms with van der Waals surface area (Å²) in [7, 11) is 0. The molecule has 5 heteroatoms. The quantitative estimate of drug-likeness (QED) is 0.859. The molecular formula is C16H23NO4. The average molecular weight is 293 g/mol. The number of hydrogen-bond donors (Lipinski definition) is 2. The van der Waals surface area contributed by atoms with E-state index in [0.717, 1.165) is 11.1 Å². The van der Waals surface area contributed by atoms with Gasteiger partial charge in [0.1, 0.15) is 11.4 Å². The first kappa shape index (κ1) is 15.8. The first-order chi connectivity index (χ1) is 9.89. The van der Waals surface area contributed by atoms with Gasteiger partial charge in [-0.3, -0.25) is 4.79 Å². The second-order valence-corrected chi connectivity index (χ2v) is 5.76. The highest BCUT2D eigenvalue weighted by atomic mass is 16.5. The first-order valence-electron chi connectivity index (χ1n) is 7.21. The second-order valence-electron chi connectivity index (χ2n) is 5.76. The molecule has 0 bridgehead atoms. The summed E-state index contributed by atoms with van der Waals surface area (Å²) in [6.07, 6.45) is 0.268. The monoisotopic (exact) mass is 293 g/mol. The van der Waals surface area contributed by atoms with Gasteiger partial charge >= 0.3 is 0 Å². The molecule has 5 nitrogen and oxygen atoms in total. The van der Waals surface area contributed by atoms with Crippen LogP contribution in [0.4, 0.5) is 0 Å². The van der Waals surface area contributed by atoms with E-state index >= 15 is 0 Å². The molecule has 0 aliphatic carbocycles. The van der Waals surface area contributed by atoms with E-state index in [1.165, 1.54) is 0 Å². The van der Waals surface area contributed by atoms with E-state index in [1.807, 2.05) is 39.0 Å². The van der Waals surface area contributed by atoms with Crippen LogP contribution in [-0.2, 0) is 9.53 Å². The van der Waals surface area contributed by atoms with Gasteiger partial charge in [-0.25, -0.2) is 0 Å². The lowest BCUT2D eigenvalue weighted by Crippen LogP contribution is -2.48. The molecule has 1 fully saturated rings. The minimum atomic E-state index is -0.977. The number of benzene rings is 1. The number of rotatable bonds is 5. The highest BCUT2D eigenvalue weighted by molar-refractivity contribution is 5.77. The zero-order valence-corrected chi connectivity index (χ0v) is 12.8. The number of aryl methyl sites for hydroxylation is 2. The van der Waals surface area contributed by atoms with Gasteiger partial charge in [0.25, 0.3) is 5.91 Å². The van der Waals surface area contributed by atoms with Gasteiger partial charge in [-0.1, -0.05) is 6.07 Å². The number of hydrogen-bond acceptors (Lipinski definition) is 4. The Hall–Kier alpha value is -1.59. The molecule has 0 saturated carbocycles. The van der Waals surface area contributed by atoms with Crippen molar-refractivity contribution < 1.29 is 19.4 Å². The van der Waals surface area contributed by atoms with Crippen LogP contribution >= 0.6 is 0 Å². The van der Waals surface area contributed by atoms with Crippen molar-refractivity contribution in [1.82, 2.24) is 5.32 Å². The third-order valence-corrected chi connectivity index (χ3v) is 3.82. The number of amides is 1. The van der Waals surface area contributed by atoms with E-state index in [9.17, 15) is 9.90 Å². The summed E-state index contributed by atoms with van der Waals surface area (Å²) in [5, 5.41) is 13.0. The van der Waals surface area contributed by atoms with Gasteiger partial charge in [0.05, 0.1) is 6.10 Å². The molecular weight excluding hydrogens is 270 g/mol. The van der Waals surface area contributed by atoms with E-state index in [-0.39, 0.29) is 25.2 Å². The lowest BCUT2D eigenvalue weighted by atomic mass is 9.97. The van der Waals surface area contributed by atoms with Crippen molar-refractivity contribution in [1.29, 1.82) is 0 Å². The van der Waals surface area contributed by atoms with E-state index in [1.54, 1.807) is 0 Å². The Balaban J connectivity index is 1.80. The van der Waals surface area contributed by atoms with Crippen LogP contribution < -0.4 is 10.1 Å². The molecule has 0 spiro atoms. The van der Waals surface area contributed by atoms with Crippen molar-refractivity contribution in [3.8, 4) is 5.75 Å². The molecule has 2 unspecified atom stereocenters. The molecule has 2 atom stereocenters. The van der Waals surface area contributed by atoms with Crippen LogP contribution in [0.1, 0.15) is 24.5 Å². The SMILES string of the molecule is Cc1cc(C)cc(OCC(=O)NCC2(O)CCOC2C)c1. The largest absolute Gasteiger partial charge is 0.484 e. The highest BCUT2D eigenvalue weighted by Gasteiger charge is 2.39. The molecule has 0 radical (unpaired) electrons. The number of carbonyl (C=O) groups is 1. The molecule has 1 aliphatic rings. The van der Waals surface area contributed by atoms with Crippen molar-refractivity contribution in [2.24, 2.45) is 0 Å². The Bertz CT molecular complexity index is 497. The van der Waals surface area contributed by atoms with Crippen LogP contribution in [0.15, 0.2) is 18.2 Å². The third-order valence-electron chi connectivity index (χ3n) is 3.82. The minimum absolute atomic E-state index is 0.0613. The smallest absolute Gasteiger partial charge is 0.258 e. The Morgan fingerprint density at radius 3 is 2.67 bits per heavy atom. The maximum atomic E-state index is 11.8. The summed E-state index contributed by atoms with van der Waals surface area (Å²) in [6.45, 7) is 6.42. The molecule has 116 valence electrons. The Labute approximate surface area is 125 Å². The van der Waals surface area contributed by atoms with Crippen LogP contribution in [0, 0.1) is 13.8 Å². The van der Waals surface area contributed by atoms with Gasteiger partial charge in [-0.15, -0.1) is 0 Å². The fourth-order valence-electron chi connectivity index (χ4n) is 2.47. The molecule has 1 heterocycles. The number of nitrogens with one attached hydrogen (secondary N) is 1. The van der Waals surface area contributed by atoms with Crippen molar-refractivity contribution >= 4 is 5.91 Å². The molecule has 1 saturated heterocycles. The van der Waals surface area contributed by atoms with Crippen LogP contribution in [0.5, 0.6) is 5.75 Å². The normalized spacial score (nSPS) is 24.9. The first-order valence-corrected chi connectivity index (χ1v) is 7.21. The molecule has 1 amide bonds.